The Morgan fingerprint density at radius 2 is 2.28 bits per heavy atom. The number of methoxy groups -OCH3 is 1. The lowest BCUT2D eigenvalue weighted by molar-refractivity contribution is -0.138. The second kappa shape index (κ2) is 4.52. The van der Waals surface area contributed by atoms with E-state index in [-0.39, 0.29) is 18.5 Å². The van der Waals surface area contributed by atoms with Gasteiger partial charge < -0.3 is 15.4 Å². The Labute approximate surface area is 104 Å². The SMILES string of the molecule is COC(=O)CN(C)c1ccc2nc(N)nn2c1C. The van der Waals surface area contributed by atoms with Crippen molar-refractivity contribution in [1.82, 2.24) is 14.6 Å². The lowest BCUT2D eigenvalue weighted by Gasteiger charge is -2.19. The van der Waals surface area contributed by atoms with Gasteiger partial charge in [0.25, 0.3) is 0 Å². The van der Waals surface area contributed by atoms with Crippen molar-refractivity contribution < 1.29 is 9.53 Å². The third-order valence-corrected chi connectivity index (χ3v) is 2.73. The van der Waals surface area contributed by atoms with E-state index in [1.807, 2.05) is 20.0 Å². The van der Waals surface area contributed by atoms with Crippen LogP contribution in [0.2, 0.25) is 0 Å². The molecule has 0 atom stereocenters. The molecule has 0 unspecified atom stereocenters. The number of likely N-dealkylation sites (N-methyl/N-ethyl adjacent to an activating group) is 1. The maximum atomic E-state index is 11.3. The number of carbonyl (C=O) groups is 1. The summed E-state index contributed by atoms with van der Waals surface area (Å²) < 4.78 is 6.29. The van der Waals surface area contributed by atoms with Crippen molar-refractivity contribution in [2.75, 3.05) is 31.3 Å². The first-order chi connectivity index (χ1) is 8.52. The Morgan fingerprint density at radius 3 is 2.94 bits per heavy atom. The summed E-state index contributed by atoms with van der Waals surface area (Å²) in [5.41, 5.74) is 7.97. The summed E-state index contributed by atoms with van der Waals surface area (Å²) >= 11 is 0. The second-order valence-corrected chi connectivity index (χ2v) is 3.98. The zero-order valence-corrected chi connectivity index (χ0v) is 10.5. The van der Waals surface area contributed by atoms with Crippen LogP contribution in [0.15, 0.2) is 12.1 Å². The number of rotatable bonds is 3. The van der Waals surface area contributed by atoms with Gasteiger partial charge in [0.05, 0.1) is 18.5 Å². The third-order valence-electron chi connectivity index (χ3n) is 2.73. The number of pyridine rings is 1. The maximum absolute atomic E-state index is 11.3. The summed E-state index contributed by atoms with van der Waals surface area (Å²) in [5.74, 6) is -0.0685. The van der Waals surface area contributed by atoms with Gasteiger partial charge in [-0.2, -0.15) is 4.98 Å². The first kappa shape index (κ1) is 12.2. The number of nitrogens with zero attached hydrogens (tertiary/aromatic N) is 4. The molecule has 96 valence electrons. The number of esters is 1. The maximum Gasteiger partial charge on any atom is 0.325 e. The fourth-order valence-electron chi connectivity index (χ4n) is 1.82. The number of aryl methyl sites for hydroxylation is 1. The lowest BCUT2D eigenvalue weighted by atomic mass is 10.3. The summed E-state index contributed by atoms with van der Waals surface area (Å²) in [7, 11) is 3.18. The van der Waals surface area contributed by atoms with Gasteiger partial charge in [0.1, 0.15) is 6.54 Å². The number of hydrogen-bond acceptors (Lipinski definition) is 6. The zero-order chi connectivity index (χ0) is 13.3. The van der Waals surface area contributed by atoms with E-state index in [1.165, 1.54) is 7.11 Å². The Kier molecular flexibility index (Phi) is 3.05. The average Bonchev–Trinajstić information content (AvgIpc) is 2.70. The molecule has 2 N–H and O–H groups in total. The number of anilines is 2. The van der Waals surface area contributed by atoms with Crippen LogP contribution in [0, 0.1) is 6.92 Å². The van der Waals surface area contributed by atoms with E-state index < -0.39 is 0 Å². The fourth-order valence-corrected chi connectivity index (χ4v) is 1.82. The van der Waals surface area contributed by atoms with Gasteiger partial charge in [-0.15, -0.1) is 5.10 Å². The van der Waals surface area contributed by atoms with Crippen LogP contribution in [-0.2, 0) is 9.53 Å². The van der Waals surface area contributed by atoms with Crippen molar-refractivity contribution in [1.29, 1.82) is 0 Å². The molecule has 0 saturated heterocycles. The molecule has 2 rings (SSSR count). The predicted molar refractivity (Wildman–Crippen MR) is 67.4 cm³/mol. The molecular formula is C11H15N5O2. The van der Waals surface area contributed by atoms with E-state index in [1.54, 1.807) is 15.5 Å². The van der Waals surface area contributed by atoms with Crippen LogP contribution in [0.3, 0.4) is 0 Å². The molecule has 0 amide bonds. The molecule has 2 aromatic rings. The Morgan fingerprint density at radius 1 is 1.56 bits per heavy atom. The van der Waals surface area contributed by atoms with Crippen LogP contribution in [-0.4, -0.2) is 41.3 Å². The molecule has 2 heterocycles. The Balaban J connectivity index is 2.39. The molecule has 18 heavy (non-hydrogen) atoms. The third kappa shape index (κ3) is 2.06. The smallest absolute Gasteiger partial charge is 0.325 e. The molecule has 0 aliphatic rings. The molecule has 0 radical (unpaired) electrons. The van der Waals surface area contributed by atoms with Gasteiger partial charge in [-0.25, -0.2) is 4.52 Å². The van der Waals surface area contributed by atoms with Crippen LogP contribution in [0.4, 0.5) is 11.6 Å². The largest absolute Gasteiger partial charge is 0.468 e. The predicted octanol–water partition coefficient (Wildman–Crippen LogP) is 0.229. The summed E-state index contributed by atoms with van der Waals surface area (Å²) in [6, 6.07) is 3.68. The van der Waals surface area contributed by atoms with Gasteiger partial charge in [-0.1, -0.05) is 0 Å². The molecule has 7 nitrogen and oxygen atoms in total. The summed E-state index contributed by atoms with van der Waals surface area (Å²) in [6.45, 7) is 2.07. The van der Waals surface area contributed by atoms with Gasteiger partial charge in [0.15, 0.2) is 5.65 Å². The number of nitrogen functional groups attached to an aromatic ring is 1. The van der Waals surface area contributed by atoms with Crippen molar-refractivity contribution in [3.8, 4) is 0 Å². The number of aromatic nitrogens is 3. The number of carbonyl (C=O) groups excluding carboxylic acids is 1. The van der Waals surface area contributed by atoms with Crippen LogP contribution < -0.4 is 10.6 Å². The zero-order valence-electron chi connectivity index (χ0n) is 10.5. The highest BCUT2D eigenvalue weighted by molar-refractivity contribution is 5.76. The molecule has 0 spiro atoms. The van der Waals surface area contributed by atoms with Crippen LogP contribution >= 0.6 is 0 Å². The average molecular weight is 249 g/mol. The van der Waals surface area contributed by atoms with Gasteiger partial charge >= 0.3 is 5.97 Å². The number of hydrogen-bond donors (Lipinski definition) is 1. The topological polar surface area (TPSA) is 85.8 Å². The molecule has 0 fully saturated rings. The van der Waals surface area contributed by atoms with Gasteiger partial charge in [0.2, 0.25) is 5.95 Å². The van der Waals surface area contributed by atoms with Crippen molar-refractivity contribution >= 4 is 23.3 Å². The van der Waals surface area contributed by atoms with Crippen LogP contribution in [0.1, 0.15) is 5.69 Å². The molecule has 7 heteroatoms. The van der Waals surface area contributed by atoms with E-state index in [0.717, 1.165) is 11.4 Å². The minimum absolute atomic E-state index is 0.174. The summed E-state index contributed by atoms with van der Waals surface area (Å²) in [5, 5.41) is 4.10. The quantitative estimate of drug-likeness (QED) is 0.784. The molecule has 0 saturated carbocycles. The number of fused-ring (bicyclic) bond motifs is 1. The lowest BCUT2D eigenvalue weighted by Crippen LogP contribution is -2.27. The molecule has 0 bridgehead atoms. The molecule has 0 aromatic carbocycles. The van der Waals surface area contributed by atoms with Gasteiger partial charge in [0, 0.05) is 7.05 Å². The van der Waals surface area contributed by atoms with E-state index >= 15 is 0 Å². The van der Waals surface area contributed by atoms with Gasteiger partial charge in [-0.05, 0) is 19.1 Å². The van der Waals surface area contributed by atoms with Crippen molar-refractivity contribution in [2.24, 2.45) is 0 Å². The monoisotopic (exact) mass is 249 g/mol. The minimum atomic E-state index is -0.296. The highest BCUT2D eigenvalue weighted by Gasteiger charge is 2.13. The number of ether oxygens (including phenoxy) is 1. The standard InChI is InChI=1S/C11H15N5O2/c1-7-8(15(2)6-10(17)18-3)4-5-9-13-11(12)14-16(7)9/h4-5H,6H2,1-3H3,(H2,12,14). The van der Waals surface area contributed by atoms with E-state index in [2.05, 4.69) is 14.8 Å². The van der Waals surface area contributed by atoms with Crippen molar-refractivity contribution in [2.45, 2.75) is 6.92 Å². The number of nitrogens with two attached hydrogens (primary N) is 1. The second-order valence-electron chi connectivity index (χ2n) is 3.98. The van der Waals surface area contributed by atoms with E-state index in [9.17, 15) is 4.79 Å². The normalized spacial score (nSPS) is 10.6. The minimum Gasteiger partial charge on any atom is -0.468 e. The fraction of sp³-hybridized carbons (Fsp3) is 0.364. The van der Waals surface area contributed by atoms with Crippen molar-refractivity contribution in [3.05, 3.63) is 17.8 Å². The highest BCUT2D eigenvalue weighted by Crippen LogP contribution is 2.20. The molecule has 2 aromatic heterocycles. The Bertz CT molecular complexity index is 592. The highest BCUT2D eigenvalue weighted by atomic mass is 16.5. The molecular weight excluding hydrogens is 234 g/mol. The van der Waals surface area contributed by atoms with Crippen LogP contribution in [0.5, 0.6) is 0 Å². The van der Waals surface area contributed by atoms with Gasteiger partial charge in [-0.3, -0.25) is 4.79 Å². The first-order valence-corrected chi connectivity index (χ1v) is 5.42. The van der Waals surface area contributed by atoms with E-state index in [4.69, 9.17) is 5.73 Å². The molecule has 0 aliphatic carbocycles. The Hall–Kier alpha value is -2.31. The summed E-state index contributed by atoms with van der Waals surface area (Å²) in [6.07, 6.45) is 0. The molecule has 0 aliphatic heterocycles. The van der Waals surface area contributed by atoms with E-state index in [0.29, 0.717) is 5.65 Å². The van der Waals surface area contributed by atoms with Crippen LogP contribution in [0.25, 0.3) is 5.65 Å². The first-order valence-electron chi connectivity index (χ1n) is 5.42. The summed E-state index contributed by atoms with van der Waals surface area (Å²) in [4.78, 5) is 17.1. The van der Waals surface area contributed by atoms with Crippen molar-refractivity contribution in [3.63, 3.8) is 0 Å².